The summed E-state index contributed by atoms with van der Waals surface area (Å²) in [5, 5.41) is 5.69. The number of hydrogen-bond acceptors (Lipinski definition) is 5. The zero-order valence-corrected chi connectivity index (χ0v) is 22.4. The Morgan fingerprint density at radius 2 is 1.74 bits per heavy atom. The number of likely N-dealkylation sites (N-methyl/N-ethyl adjacent to an activating group) is 1. The topological polar surface area (TPSA) is 94.2 Å². The molecule has 1 fully saturated rings. The monoisotopic (exact) mass is 539 g/mol. The van der Waals surface area contributed by atoms with Crippen LogP contribution in [0.4, 0.5) is 22.8 Å². The third-order valence-corrected chi connectivity index (χ3v) is 6.37. The van der Waals surface area contributed by atoms with Crippen LogP contribution in [0.2, 0.25) is 0 Å². The number of urea groups is 2. The molecule has 0 bridgehead atoms. The Hall–Kier alpha value is -3.28. The molecule has 2 N–H and O–H groups in total. The molecule has 0 spiro atoms. The molecule has 1 unspecified atom stereocenters. The Morgan fingerprint density at radius 1 is 1.08 bits per heavy atom. The van der Waals surface area contributed by atoms with E-state index in [1.165, 1.54) is 24.1 Å². The van der Waals surface area contributed by atoms with E-state index in [0.29, 0.717) is 43.9 Å². The van der Waals surface area contributed by atoms with Crippen LogP contribution >= 0.6 is 0 Å². The zero-order chi connectivity index (χ0) is 28.3. The Kier molecular flexibility index (Phi) is 8.96. The van der Waals surface area contributed by atoms with Crippen LogP contribution in [0.1, 0.15) is 51.3 Å². The van der Waals surface area contributed by atoms with Gasteiger partial charge in [0.25, 0.3) is 0 Å². The Balaban J connectivity index is 1.90. The van der Waals surface area contributed by atoms with Crippen molar-refractivity contribution in [1.29, 1.82) is 0 Å². The van der Waals surface area contributed by atoms with E-state index in [9.17, 15) is 27.6 Å². The minimum atomic E-state index is -4.51. The molecule has 2 aliphatic heterocycles. The van der Waals surface area contributed by atoms with E-state index in [4.69, 9.17) is 4.74 Å². The quantitative estimate of drug-likeness (QED) is 0.557. The minimum absolute atomic E-state index is 0.0918. The minimum Gasteiger partial charge on any atom is -0.463 e. The summed E-state index contributed by atoms with van der Waals surface area (Å²) in [5.41, 5.74) is -0.286. The maximum atomic E-state index is 13.1. The highest BCUT2D eigenvalue weighted by atomic mass is 19.4. The Labute approximate surface area is 221 Å². The lowest BCUT2D eigenvalue weighted by molar-refractivity contribution is -0.139. The number of esters is 1. The van der Waals surface area contributed by atoms with E-state index in [0.717, 1.165) is 12.1 Å². The fourth-order valence-electron chi connectivity index (χ4n) is 4.46. The molecule has 38 heavy (non-hydrogen) atoms. The molecule has 1 atom stereocenters. The predicted octanol–water partition coefficient (Wildman–Crippen LogP) is 3.73. The zero-order valence-electron chi connectivity index (χ0n) is 22.4. The predicted molar refractivity (Wildman–Crippen MR) is 135 cm³/mol. The summed E-state index contributed by atoms with van der Waals surface area (Å²) in [4.78, 5) is 43.8. The van der Waals surface area contributed by atoms with E-state index >= 15 is 0 Å². The van der Waals surface area contributed by atoms with Crippen molar-refractivity contribution in [1.82, 2.24) is 25.3 Å². The van der Waals surface area contributed by atoms with Crippen LogP contribution in [0.5, 0.6) is 0 Å². The summed E-state index contributed by atoms with van der Waals surface area (Å²) in [6, 6.07) is 2.75. The molecular formula is C26H36F3N5O4. The number of amides is 4. The van der Waals surface area contributed by atoms with Crippen LogP contribution in [0, 0.1) is 0 Å². The third kappa shape index (κ3) is 7.18. The maximum absolute atomic E-state index is 13.1. The number of halogens is 3. The van der Waals surface area contributed by atoms with Gasteiger partial charge in [0.15, 0.2) is 0 Å². The SMILES string of the molecule is CCOC(=O)C1=C(CN2CCCN(C(=O)NC(C)(C)C)CC2)N(C)C(=O)NC1c1ccc(C(F)(F)F)cc1. The number of alkyl halides is 3. The molecule has 1 aromatic rings. The molecule has 12 heteroatoms. The van der Waals surface area contributed by atoms with Crippen molar-refractivity contribution < 1.29 is 32.3 Å². The second kappa shape index (κ2) is 11.6. The number of hydrogen-bond donors (Lipinski definition) is 2. The lowest BCUT2D eigenvalue weighted by atomic mass is 9.93. The third-order valence-electron chi connectivity index (χ3n) is 6.37. The molecule has 9 nitrogen and oxygen atoms in total. The molecule has 0 aromatic heterocycles. The number of rotatable bonds is 5. The van der Waals surface area contributed by atoms with Gasteiger partial charge in [-0.05, 0) is 51.8 Å². The summed E-state index contributed by atoms with van der Waals surface area (Å²) in [5.74, 6) is -0.653. The fourth-order valence-corrected chi connectivity index (χ4v) is 4.46. The van der Waals surface area contributed by atoms with Gasteiger partial charge in [0.2, 0.25) is 0 Å². The summed E-state index contributed by atoms with van der Waals surface area (Å²) < 4.78 is 44.6. The number of nitrogens with one attached hydrogen (secondary N) is 2. The van der Waals surface area contributed by atoms with Gasteiger partial charge >= 0.3 is 24.2 Å². The van der Waals surface area contributed by atoms with E-state index in [1.54, 1.807) is 11.8 Å². The van der Waals surface area contributed by atoms with Crippen molar-refractivity contribution in [2.24, 2.45) is 0 Å². The molecular weight excluding hydrogens is 503 g/mol. The maximum Gasteiger partial charge on any atom is 0.416 e. The van der Waals surface area contributed by atoms with Crippen molar-refractivity contribution in [2.75, 3.05) is 46.4 Å². The first kappa shape index (κ1) is 29.3. The van der Waals surface area contributed by atoms with Gasteiger partial charge in [-0.1, -0.05) is 12.1 Å². The molecule has 210 valence electrons. The first-order valence-electron chi connectivity index (χ1n) is 12.6. The van der Waals surface area contributed by atoms with Crippen molar-refractivity contribution in [3.8, 4) is 0 Å². The first-order valence-corrected chi connectivity index (χ1v) is 12.6. The molecule has 1 saturated heterocycles. The van der Waals surface area contributed by atoms with Gasteiger partial charge in [0, 0.05) is 51.0 Å². The molecule has 2 heterocycles. The van der Waals surface area contributed by atoms with E-state index in [-0.39, 0.29) is 30.3 Å². The summed E-state index contributed by atoms with van der Waals surface area (Å²) in [7, 11) is 1.54. The lowest BCUT2D eigenvalue weighted by Crippen LogP contribution is -2.50. The van der Waals surface area contributed by atoms with Gasteiger partial charge < -0.3 is 20.3 Å². The van der Waals surface area contributed by atoms with E-state index in [2.05, 4.69) is 15.5 Å². The normalized spacial score (nSPS) is 19.7. The number of carbonyl (C=O) groups is 3. The van der Waals surface area contributed by atoms with Crippen molar-refractivity contribution in [2.45, 2.75) is 51.9 Å². The molecule has 4 amide bonds. The van der Waals surface area contributed by atoms with Gasteiger partial charge in [-0.25, -0.2) is 14.4 Å². The largest absolute Gasteiger partial charge is 0.463 e. The second-order valence-corrected chi connectivity index (χ2v) is 10.4. The molecule has 0 aliphatic carbocycles. The van der Waals surface area contributed by atoms with Gasteiger partial charge in [-0.3, -0.25) is 9.80 Å². The van der Waals surface area contributed by atoms with Crippen molar-refractivity contribution in [3.05, 3.63) is 46.7 Å². The number of benzene rings is 1. The average Bonchev–Trinajstić information content (AvgIpc) is 3.06. The smallest absolute Gasteiger partial charge is 0.416 e. The molecule has 0 radical (unpaired) electrons. The van der Waals surface area contributed by atoms with Crippen molar-refractivity contribution in [3.63, 3.8) is 0 Å². The summed E-state index contributed by atoms with van der Waals surface area (Å²) in [6.45, 7) is 9.87. The first-order chi connectivity index (χ1) is 17.7. The van der Waals surface area contributed by atoms with Crippen LogP contribution in [0.25, 0.3) is 0 Å². The standard InChI is InChI=1S/C26H36F3N5O4/c1-6-38-22(35)20-19(16-33-12-7-13-34(15-14-33)24(37)31-25(2,3)4)32(5)23(36)30-21(20)17-8-10-18(11-9-17)26(27,28)29/h8-11,21H,6-7,12-16H2,1-5H3,(H,30,36)(H,31,37). The van der Waals surface area contributed by atoms with Gasteiger partial charge in [0.1, 0.15) is 0 Å². The number of carbonyl (C=O) groups excluding carboxylic acids is 3. The van der Waals surface area contributed by atoms with Crippen LogP contribution in [0.15, 0.2) is 35.5 Å². The van der Waals surface area contributed by atoms with Gasteiger partial charge in [-0.2, -0.15) is 13.2 Å². The molecule has 1 aromatic carbocycles. The average molecular weight is 540 g/mol. The summed E-state index contributed by atoms with van der Waals surface area (Å²) in [6.07, 6.45) is -3.82. The molecule has 3 rings (SSSR count). The highest BCUT2D eigenvalue weighted by molar-refractivity contribution is 5.95. The highest BCUT2D eigenvalue weighted by Gasteiger charge is 2.38. The van der Waals surface area contributed by atoms with Crippen LogP contribution < -0.4 is 10.6 Å². The van der Waals surface area contributed by atoms with Gasteiger partial charge in [-0.15, -0.1) is 0 Å². The number of ether oxygens (including phenoxy) is 1. The van der Waals surface area contributed by atoms with Crippen LogP contribution in [0.3, 0.4) is 0 Å². The van der Waals surface area contributed by atoms with Crippen LogP contribution in [-0.4, -0.2) is 84.6 Å². The van der Waals surface area contributed by atoms with Crippen LogP contribution in [-0.2, 0) is 15.7 Å². The Bertz CT molecular complexity index is 1070. The highest BCUT2D eigenvalue weighted by Crippen LogP contribution is 2.34. The fraction of sp³-hybridized carbons (Fsp3) is 0.577. The molecule has 0 saturated carbocycles. The summed E-state index contributed by atoms with van der Waals surface area (Å²) >= 11 is 0. The van der Waals surface area contributed by atoms with E-state index in [1.807, 2.05) is 20.8 Å². The van der Waals surface area contributed by atoms with E-state index < -0.39 is 29.8 Å². The molecule has 2 aliphatic rings. The number of nitrogens with zero attached hydrogens (tertiary/aromatic N) is 3. The second-order valence-electron chi connectivity index (χ2n) is 10.4. The van der Waals surface area contributed by atoms with Crippen molar-refractivity contribution >= 4 is 18.0 Å². The Morgan fingerprint density at radius 3 is 2.32 bits per heavy atom. The van der Waals surface area contributed by atoms with Gasteiger partial charge in [0.05, 0.1) is 23.8 Å². The lowest BCUT2D eigenvalue weighted by Gasteiger charge is -2.36.